The number of para-hydroxylation sites is 1. The summed E-state index contributed by atoms with van der Waals surface area (Å²) in [6.07, 6.45) is 2.96. The molecule has 176 valence electrons. The van der Waals surface area contributed by atoms with Gasteiger partial charge in [-0.3, -0.25) is 4.98 Å². The molecule has 2 aromatic heterocycles. The van der Waals surface area contributed by atoms with Crippen molar-refractivity contribution in [2.75, 3.05) is 0 Å². The highest BCUT2D eigenvalue weighted by Gasteiger charge is 2.38. The Morgan fingerprint density at radius 2 is 1.91 bits per heavy atom. The van der Waals surface area contributed by atoms with Gasteiger partial charge in [-0.1, -0.05) is 41.9 Å². The molecule has 7 nitrogen and oxygen atoms in total. The van der Waals surface area contributed by atoms with Crippen molar-refractivity contribution < 1.29 is 13.5 Å². The molecule has 2 aromatic carbocycles. The van der Waals surface area contributed by atoms with Crippen LogP contribution in [0.3, 0.4) is 0 Å². The van der Waals surface area contributed by atoms with Crippen molar-refractivity contribution in [3.05, 3.63) is 82.8 Å². The van der Waals surface area contributed by atoms with E-state index in [0.717, 1.165) is 16.6 Å². The van der Waals surface area contributed by atoms with Crippen molar-refractivity contribution in [1.29, 1.82) is 0 Å². The van der Waals surface area contributed by atoms with E-state index in [0.29, 0.717) is 40.5 Å². The molecule has 0 radical (unpaired) electrons. The lowest BCUT2D eigenvalue weighted by molar-refractivity contribution is 0.0785. The maximum Gasteiger partial charge on any atom is 0.215 e. The van der Waals surface area contributed by atoms with Crippen LogP contribution in [0.25, 0.3) is 22.3 Å². The van der Waals surface area contributed by atoms with Gasteiger partial charge in [0.1, 0.15) is 11.9 Å². The molecule has 1 fully saturated rings. The van der Waals surface area contributed by atoms with Gasteiger partial charge in [0.15, 0.2) is 0 Å². The van der Waals surface area contributed by atoms with Crippen LogP contribution in [0.1, 0.15) is 49.7 Å². The first-order valence-corrected chi connectivity index (χ1v) is 13.0. The number of pyridine rings is 1. The van der Waals surface area contributed by atoms with Gasteiger partial charge in [-0.25, -0.2) is 13.4 Å². The number of hydrogen-bond acceptors (Lipinski definition) is 5. The van der Waals surface area contributed by atoms with Crippen LogP contribution in [-0.2, 0) is 15.6 Å². The van der Waals surface area contributed by atoms with Gasteiger partial charge in [0, 0.05) is 16.8 Å². The number of benzene rings is 2. The number of aliphatic hydroxyl groups is 1. The molecule has 1 aliphatic rings. The summed E-state index contributed by atoms with van der Waals surface area (Å²) in [5.41, 5.74) is 3.17. The van der Waals surface area contributed by atoms with E-state index in [-0.39, 0.29) is 5.25 Å². The van der Waals surface area contributed by atoms with E-state index in [1.807, 2.05) is 30.3 Å². The van der Waals surface area contributed by atoms with Crippen molar-refractivity contribution in [3.8, 4) is 11.3 Å². The first-order chi connectivity index (χ1) is 16.1. The summed E-state index contributed by atoms with van der Waals surface area (Å²) in [4.78, 5) is 12.6. The standard InChI is InChI=1S/C25H25ClN4O3S/c1-25(2,31)15-12-13-27-21(14-15)18-7-5-9-20-22(18)29-24(28-20)23(17-6-3-4-8-19(17)26)30-34(32,33)16-10-11-16/h3-9,12-14,16,23,30-31H,10-11H2,1-2H3,(H,28,29)/t23-/m1/s1. The fraction of sp³-hybridized carbons (Fsp3) is 0.280. The summed E-state index contributed by atoms with van der Waals surface area (Å²) in [6.45, 7) is 3.44. The van der Waals surface area contributed by atoms with Crippen molar-refractivity contribution in [1.82, 2.24) is 19.7 Å². The highest BCUT2D eigenvalue weighted by molar-refractivity contribution is 7.90. The normalized spacial score (nSPS) is 15.5. The molecule has 1 saturated carbocycles. The zero-order chi connectivity index (χ0) is 24.1. The van der Waals surface area contributed by atoms with Crippen LogP contribution in [-0.4, -0.2) is 33.7 Å². The monoisotopic (exact) mass is 496 g/mol. The van der Waals surface area contributed by atoms with Gasteiger partial charge in [-0.05, 0) is 62.1 Å². The fourth-order valence-electron chi connectivity index (χ4n) is 3.97. The number of imidazole rings is 1. The van der Waals surface area contributed by atoms with Crippen LogP contribution in [0.2, 0.25) is 5.02 Å². The molecule has 0 aliphatic heterocycles. The topological polar surface area (TPSA) is 108 Å². The maximum atomic E-state index is 12.9. The molecule has 0 spiro atoms. The summed E-state index contributed by atoms with van der Waals surface area (Å²) in [6, 6.07) is 15.7. The van der Waals surface area contributed by atoms with E-state index in [1.54, 1.807) is 44.3 Å². The summed E-state index contributed by atoms with van der Waals surface area (Å²) >= 11 is 6.47. The number of aromatic nitrogens is 3. The predicted octanol–water partition coefficient (Wildman–Crippen LogP) is 4.68. The predicted molar refractivity (Wildman–Crippen MR) is 133 cm³/mol. The van der Waals surface area contributed by atoms with Crippen LogP contribution in [0.5, 0.6) is 0 Å². The Morgan fingerprint density at radius 3 is 2.62 bits per heavy atom. The first kappa shape index (κ1) is 23.0. The number of hydrogen-bond donors (Lipinski definition) is 3. The quantitative estimate of drug-likeness (QED) is 0.344. The zero-order valence-electron chi connectivity index (χ0n) is 18.8. The summed E-state index contributed by atoms with van der Waals surface area (Å²) in [5, 5.41) is 10.5. The third-order valence-electron chi connectivity index (χ3n) is 6.01. The van der Waals surface area contributed by atoms with Gasteiger partial charge in [-0.2, -0.15) is 4.72 Å². The average Bonchev–Trinajstić information content (AvgIpc) is 3.57. The number of H-pyrrole nitrogens is 1. The van der Waals surface area contributed by atoms with E-state index in [4.69, 9.17) is 16.6 Å². The average molecular weight is 497 g/mol. The molecule has 1 aliphatic carbocycles. The molecule has 0 unspecified atom stereocenters. The van der Waals surface area contributed by atoms with Crippen LogP contribution in [0.15, 0.2) is 60.8 Å². The Bertz CT molecular complexity index is 1470. The summed E-state index contributed by atoms with van der Waals surface area (Å²) < 4.78 is 28.6. The molecule has 34 heavy (non-hydrogen) atoms. The van der Waals surface area contributed by atoms with Crippen molar-refractivity contribution in [2.24, 2.45) is 0 Å². The van der Waals surface area contributed by atoms with Gasteiger partial charge in [0.25, 0.3) is 0 Å². The highest BCUT2D eigenvalue weighted by atomic mass is 35.5. The van der Waals surface area contributed by atoms with Crippen LogP contribution in [0.4, 0.5) is 0 Å². The molecule has 3 N–H and O–H groups in total. The van der Waals surface area contributed by atoms with Crippen LogP contribution < -0.4 is 4.72 Å². The van der Waals surface area contributed by atoms with Crippen molar-refractivity contribution in [3.63, 3.8) is 0 Å². The molecular weight excluding hydrogens is 472 g/mol. The summed E-state index contributed by atoms with van der Waals surface area (Å²) in [7, 11) is -3.53. The van der Waals surface area contributed by atoms with E-state index in [2.05, 4.69) is 14.7 Å². The number of rotatable bonds is 7. The van der Waals surface area contributed by atoms with Gasteiger partial charge in [0.05, 0.1) is 27.6 Å². The summed E-state index contributed by atoms with van der Waals surface area (Å²) in [5.74, 6) is 0.443. The molecule has 5 rings (SSSR count). The molecule has 0 saturated heterocycles. The minimum atomic E-state index is -3.53. The molecule has 1 atom stereocenters. The number of aromatic amines is 1. The Labute approximate surface area is 203 Å². The fourth-order valence-corrected chi connectivity index (χ4v) is 5.73. The van der Waals surface area contributed by atoms with Crippen LogP contribution >= 0.6 is 11.6 Å². The van der Waals surface area contributed by atoms with Gasteiger partial charge >= 0.3 is 0 Å². The molecule has 2 heterocycles. The lowest BCUT2D eigenvalue weighted by Crippen LogP contribution is -2.32. The van der Waals surface area contributed by atoms with E-state index in [9.17, 15) is 13.5 Å². The number of fused-ring (bicyclic) bond motifs is 1. The molecule has 0 bridgehead atoms. The van der Waals surface area contributed by atoms with Gasteiger partial charge in [-0.15, -0.1) is 0 Å². The second-order valence-corrected chi connectivity index (χ2v) is 11.5. The smallest absolute Gasteiger partial charge is 0.215 e. The highest BCUT2D eigenvalue weighted by Crippen LogP contribution is 2.35. The van der Waals surface area contributed by atoms with Crippen molar-refractivity contribution >= 4 is 32.7 Å². The number of sulfonamides is 1. The second-order valence-electron chi connectivity index (χ2n) is 9.13. The third-order valence-corrected chi connectivity index (χ3v) is 8.27. The van der Waals surface area contributed by atoms with Gasteiger partial charge < -0.3 is 10.1 Å². The second kappa shape index (κ2) is 8.46. The maximum absolute atomic E-state index is 12.9. The minimum absolute atomic E-state index is 0.383. The molecule has 9 heteroatoms. The minimum Gasteiger partial charge on any atom is -0.386 e. The Balaban J connectivity index is 1.63. The lowest BCUT2D eigenvalue weighted by Gasteiger charge is -2.18. The number of halogens is 1. The van der Waals surface area contributed by atoms with Gasteiger partial charge in [0.2, 0.25) is 10.0 Å². The number of nitrogens with one attached hydrogen (secondary N) is 2. The largest absolute Gasteiger partial charge is 0.386 e. The Hall–Kier alpha value is -2.78. The van der Waals surface area contributed by atoms with Crippen molar-refractivity contribution in [2.45, 2.75) is 43.6 Å². The molecular formula is C25H25ClN4O3S. The van der Waals surface area contributed by atoms with Crippen LogP contribution in [0, 0.1) is 0 Å². The Morgan fingerprint density at radius 1 is 1.15 bits per heavy atom. The van der Waals surface area contributed by atoms with E-state index >= 15 is 0 Å². The van der Waals surface area contributed by atoms with E-state index < -0.39 is 21.7 Å². The SMILES string of the molecule is CC(C)(O)c1ccnc(-c2cccc3[nH]c([C@H](NS(=O)(=O)C4CC4)c4ccccc4Cl)nc23)c1. The number of nitrogens with zero attached hydrogens (tertiary/aromatic N) is 2. The zero-order valence-corrected chi connectivity index (χ0v) is 20.4. The van der Waals surface area contributed by atoms with E-state index in [1.165, 1.54) is 0 Å². The molecule has 0 amide bonds. The molecule has 4 aromatic rings. The third kappa shape index (κ3) is 4.46. The Kier molecular flexibility index (Phi) is 5.72. The first-order valence-electron chi connectivity index (χ1n) is 11.1. The lowest BCUT2D eigenvalue weighted by atomic mass is 9.97.